The summed E-state index contributed by atoms with van der Waals surface area (Å²) in [5.74, 6) is 2.43. The van der Waals surface area contributed by atoms with Crippen LogP contribution in [0.4, 0.5) is 0 Å². The number of hydrogen-bond acceptors (Lipinski definition) is 3. The standard InChI is InChI=1S/C27H35NO3S/c1-17(2)18-4-8-21(9-5-18)32(30,31)28-26-13-12-25-24-10-6-19-16-20(29)7-11-22(19)23(24)14-15-27(25,26)3/h4-5,7-9,11,16-17,23-26,28-29H,6,10,12-15H2,1-3H3/t23-,24-,25+,26+,27+/m1/s1. The molecule has 2 saturated carbocycles. The number of phenolic OH excluding ortho intramolecular Hbond substituents is 1. The van der Waals surface area contributed by atoms with Crippen molar-refractivity contribution in [1.29, 1.82) is 0 Å². The Bertz CT molecular complexity index is 1110. The first-order valence-corrected chi connectivity index (χ1v) is 13.6. The Morgan fingerprint density at radius 3 is 2.50 bits per heavy atom. The van der Waals surface area contributed by atoms with Gasteiger partial charge in [0.15, 0.2) is 0 Å². The summed E-state index contributed by atoms with van der Waals surface area (Å²) in [6, 6.07) is 13.2. The van der Waals surface area contributed by atoms with Crippen LogP contribution < -0.4 is 4.72 Å². The van der Waals surface area contributed by atoms with E-state index in [9.17, 15) is 13.5 Å². The van der Waals surface area contributed by atoms with Crippen LogP contribution in [0, 0.1) is 17.3 Å². The van der Waals surface area contributed by atoms with Crippen molar-refractivity contribution in [2.75, 3.05) is 0 Å². The van der Waals surface area contributed by atoms with Gasteiger partial charge >= 0.3 is 0 Å². The van der Waals surface area contributed by atoms with E-state index in [1.54, 1.807) is 12.1 Å². The van der Waals surface area contributed by atoms with Gasteiger partial charge in [-0.15, -0.1) is 0 Å². The van der Waals surface area contributed by atoms with Crippen LogP contribution in [0.15, 0.2) is 47.4 Å². The topological polar surface area (TPSA) is 66.4 Å². The average molecular weight is 454 g/mol. The van der Waals surface area contributed by atoms with Crippen LogP contribution in [0.3, 0.4) is 0 Å². The highest BCUT2D eigenvalue weighted by Gasteiger charge is 2.55. The highest BCUT2D eigenvalue weighted by molar-refractivity contribution is 7.89. The lowest BCUT2D eigenvalue weighted by atomic mass is 9.55. The highest BCUT2D eigenvalue weighted by Crippen LogP contribution is 2.61. The molecule has 0 spiro atoms. The molecule has 0 heterocycles. The summed E-state index contributed by atoms with van der Waals surface area (Å²) < 4.78 is 29.6. The van der Waals surface area contributed by atoms with Crippen LogP contribution in [0.25, 0.3) is 0 Å². The fraction of sp³-hybridized carbons (Fsp3) is 0.556. The fourth-order valence-corrected chi connectivity index (χ4v) is 8.44. The third-order valence-electron chi connectivity index (χ3n) is 8.86. The molecule has 0 aromatic heterocycles. The molecule has 3 aliphatic carbocycles. The third kappa shape index (κ3) is 3.58. The van der Waals surface area contributed by atoms with Crippen molar-refractivity contribution >= 4 is 10.0 Å². The molecule has 0 saturated heterocycles. The summed E-state index contributed by atoms with van der Waals surface area (Å²) in [6.07, 6.45) is 6.28. The molecule has 0 bridgehead atoms. The number of aromatic hydroxyl groups is 1. The van der Waals surface area contributed by atoms with Gasteiger partial charge in [-0.3, -0.25) is 0 Å². The SMILES string of the molecule is CC(C)c1ccc(S(=O)(=O)N[C@H]2CC[C@H]3[C@@H]4CCc5cc(O)ccc5[C@H]4CC[C@]23C)cc1. The normalized spacial score (nSPS) is 31.8. The van der Waals surface area contributed by atoms with Gasteiger partial charge < -0.3 is 5.11 Å². The van der Waals surface area contributed by atoms with E-state index in [2.05, 4.69) is 31.6 Å². The van der Waals surface area contributed by atoms with E-state index in [1.807, 2.05) is 24.3 Å². The maximum Gasteiger partial charge on any atom is 0.240 e. The van der Waals surface area contributed by atoms with Crippen LogP contribution in [0.5, 0.6) is 5.75 Å². The molecule has 0 unspecified atom stereocenters. The van der Waals surface area contributed by atoms with E-state index < -0.39 is 10.0 Å². The molecule has 2 aromatic carbocycles. The zero-order valence-electron chi connectivity index (χ0n) is 19.3. The summed E-state index contributed by atoms with van der Waals surface area (Å²) in [5.41, 5.74) is 3.87. The smallest absolute Gasteiger partial charge is 0.240 e. The van der Waals surface area contributed by atoms with Crippen molar-refractivity contribution < 1.29 is 13.5 Å². The van der Waals surface area contributed by atoms with Gasteiger partial charge in [0.2, 0.25) is 10.0 Å². The van der Waals surface area contributed by atoms with Crippen molar-refractivity contribution in [3.05, 3.63) is 59.2 Å². The molecule has 0 aliphatic heterocycles. The molecular weight excluding hydrogens is 418 g/mol. The highest BCUT2D eigenvalue weighted by atomic mass is 32.2. The number of benzene rings is 2. The Balaban J connectivity index is 1.36. The summed E-state index contributed by atoms with van der Waals surface area (Å²) in [4.78, 5) is 0.369. The summed E-state index contributed by atoms with van der Waals surface area (Å²) in [7, 11) is -3.54. The van der Waals surface area contributed by atoms with Crippen molar-refractivity contribution in [3.63, 3.8) is 0 Å². The number of nitrogens with one attached hydrogen (secondary N) is 1. The van der Waals surface area contributed by atoms with Gasteiger partial charge in [-0.05, 0) is 109 Å². The maximum absolute atomic E-state index is 13.2. The molecule has 2 aromatic rings. The quantitative estimate of drug-likeness (QED) is 0.622. The van der Waals surface area contributed by atoms with E-state index in [4.69, 9.17) is 0 Å². The van der Waals surface area contributed by atoms with Gasteiger partial charge in [-0.2, -0.15) is 0 Å². The molecule has 2 fully saturated rings. The summed E-state index contributed by atoms with van der Waals surface area (Å²) >= 11 is 0. The first-order chi connectivity index (χ1) is 15.2. The molecule has 4 nitrogen and oxygen atoms in total. The molecule has 3 aliphatic rings. The Morgan fingerprint density at radius 1 is 1.03 bits per heavy atom. The lowest BCUT2D eigenvalue weighted by Gasteiger charge is -2.51. The number of phenols is 1. The van der Waals surface area contributed by atoms with Crippen LogP contribution in [-0.4, -0.2) is 19.6 Å². The first-order valence-electron chi connectivity index (χ1n) is 12.1. The Morgan fingerprint density at radius 2 is 1.78 bits per heavy atom. The maximum atomic E-state index is 13.2. The van der Waals surface area contributed by atoms with Gasteiger partial charge in [0, 0.05) is 6.04 Å². The van der Waals surface area contributed by atoms with Crippen molar-refractivity contribution in [2.24, 2.45) is 17.3 Å². The van der Waals surface area contributed by atoms with Gasteiger partial charge in [0.1, 0.15) is 5.75 Å². The Hall–Kier alpha value is -1.85. The van der Waals surface area contributed by atoms with E-state index >= 15 is 0 Å². The van der Waals surface area contributed by atoms with Crippen molar-refractivity contribution in [2.45, 2.75) is 82.1 Å². The number of rotatable bonds is 4. The Labute approximate surface area is 192 Å². The predicted octanol–water partition coefficient (Wildman–Crippen LogP) is 5.72. The van der Waals surface area contributed by atoms with Gasteiger partial charge in [-0.1, -0.05) is 39.0 Å². The lowest BCUT2D eigenvalue weighted by Crippen LogP contribution is -2.50. The van der Waals surface area contributed by atoms with Crippen LogP contribution >= 0.6 is 0 Å². The zero-order chi connectivity index (χ0) is 22.7. The largest absolute Gasteiger partial charge is 0.508 e. The van der Waals surface area contributed by atoms with Crippen molar-refractivity contribution in [1.82, 2.24) is 4.72 Å². The number of fused-ring (bicyclic) bond motifs is 5. The minimum absolute atomic E-state index is 0.000528. The van der Waals surface area contributed by atoms with E-state index in [0.29, 0.717) is 34.3 Å². The molecule has 0 radical (unpaired) electrons. The van der Waals surface area contributed by atoms with E-state index in [1.165, 1.54) is 11.1 Å². The molecule has 0 amide bonds. The molecule has 5 heteroatoms. The minimum atomic E-state index is -3.54. The number of aryl methyl sites for hydroxylation is 1. The number of sulfonamides is 1. The molecule has 172 valence electrons. The van der Waals surface area contributed by atoms with Crippen LogP contribution in [-0.2, 0) is 16.4 Å². The molecule has 5 atom stereocenters. The Kier molecular flexibility index (Phi) is 5.41. The van der Waals surface area contributed by atoms with Gasteiger partial charge in [0.05, 0.1) is 4.90 Å². The molecular formula is C27H35NO3S. The second-order valence-corrected chi connectivity index (χ2v) is 12.5. The van der Waals surface area contributed by atoms with Crippen LogP contribution in [0.2, 0.25) is 0 Å². The van der Waals surface area contributed by atoms with Gasteiger partial charge in [-0.25, -0.2) is 13.1 Å². The third-order valence-corrected chi connectivity index (χ3v) is 10.4. The minimum Gasteiger partial charge on any atom is -0.508 e. The summed E-state index contributed by atoms with van der Waals surface area (Å²) in [6.45, 7) is 6.55. The molecule has 5 rings (SSSR count). The van der Waals surface area contributed by atoms with E-state index in [-0.39, 0.29) is 11.5 Å². The summed E-state index contributed by atoms with van der Waals surface area (Å²) in [5, 5.41) is 9.89. The molecule has 32 heavy (non-hydrogen) atoms. The lowest BCUT2D eigenvalue weighted by molar-refractivity contribution is 0.0462. The fourth-order valence-electron chi connectivity index (χ4n) is 7.05. The zero-order valence-corrected chi connectivity index (χ0v) is 20.2. The second kappa shape index (κ2) is 7.88. The second-order valence-electron chi connectivity index (χ2n) is 10.8. The van der Waals surface area contributed by atoms with Crippen molar-refractivity contribution in [3.8, 4) is 5.75 Å². The predicted molar refractivity (Wildman–Crippen MR) is 127 cm³/mol. The van der Waals surface area contributed by atoms with Crippen LogP contribution in [0.1, 0.15) is 81.4 Å². The average Bonchev–Trinajstić information content (AvgIpc) is 3.09. The first kappa shape index (κ1) is 22.0. The van der Waals surface area contributed by atoms with Gasteiger partial charge in [0.25, 0.3) is 0 Å². The molecule has 2 N–H and O–H groups in total. The number of hydrogen-bond donors (Lipinski definition) is 2. The van der Waals surface area contributed by atoms with E-state index in [0.717, 1.165) is 44.1 Å². The monoisotopic (exact) mass is 453 g/mol.